The van der Waals surface area contributed by atoms with Crippen molar-refractivity contribution in [1.29, 1.82) is 0 Å². The van der Waals surface area contributed by atoms with Crippen LogP contribution in [-0.2, 0) is 29.1 Å². The summed E-state index contributed by atoms with van der Waals surface area (Å²) in [5.41, 5.74) is 3.94. The van der Waals surface area contributed by atoms with Crippen molar-refractivity contribution < 1.29 is 9.59 Å². The van der Waals surface area contributed by atoms with Gasteiger partial charge in [-0.3, -0.25) is 9.59 Å². The zero-order chi connectivity index (χ0) is 18.8. The number of anilines is 1. The third-order valence-electron chi connectivity index (χ3n) is 4.93. The van der Waals surface area contributed by atoms with E-state index in [9.17, 15) is 9.59 Å². The van der Waals surface area contributed by atoms with Crippen molar-refractivity contribution >= 4 is 28.5 Å². The van der Waals surface area contributed by atoms with Gasteiger partial charge in [-0.2, -0.15) is 0 Å². The second-order valence-electron chi connectivity index (χ2n) is 6.79. The number of para-hydroxylation sites is 3. The summed E-state index contributed by atoms with van der Waals surface area (Å²) in [5, 5.41) is 2.78. The summed E-state index contributed by atoms with van der Waals surface area (Å²) < 4.78 is 1.91. The van der Waals surface area contributed by atoms with E-state index in [1.807, 2.05) is 51.9 Å². The number of nitrogens with zero attached hydrogens (tertiary/aromatic N) is 3. The molecule has 6 heteroatoms. The molecule has 0 radical (unpaired) electrons. The van der Waals surface area contributed by atoms with E-state index >= 15 is 0 Å². The molecule has 0 saturated heterocycles. The van der Waals surface area contributed by atoms with Crippen LogP contribution in [0.25, 0.3) is 11.0 Å². The van der Waals surface area contributed by atoms with Crippen LogP contribution >= 0.6 is 0 Å². The fourth-order valence-electron chi connectivity index (χ4n) is 3.65. The van der Waals surface area contributed by atoms with E-state index in [1.165, 1.54) is 12.5 Å². The molecule has 3 aromatic rings. The van der Waals surface area contributed by atoms with Crippen LogP contribution < -0.4 is 10.2 Å². The van der Waals surface area contributed by atoms with Gasteiger partial charge in [0.2, 0.25) is 11.8 Å². The Labute approximate surface area is 157 Å². The Morgan fingerprint density at radius 3 is 2.74 bits per heavy atom. The minimum Gasteiger partial charge on any atom is -0.349 e. The molecule has 2 heterocycles. The minimum atomic E-state index is -0.120. The number of hydrogen-bond acceptors (Lipinski definition) is 3. The summed E-state index contributed by atoms with van der Waals surface area (Å²) in [4.78, 5) is 31.0. The second kappa shape index (κ2) is 7.23. The Balaban J connectivity index is 1.66. The van der Waals surface area contributed by atoms with Gasteiger partial charge < -0.3 is 14.8 Å². The van der Waals surface area contributed by atoms with Crippen molar-refractivity contribution in [2.24, 2.45) is 0 Å². The van der Waals surface area contributed by atoms with Gasteiger partial charge in [0.05, 0.1) is 17.6 Å². The third-order valence-corrected chi connectivity index (χ3v) is 4.93. The molecule has 1 aliphatic rings. The lowest BCUT2D eigenvalue weighted by molar-refractivity contribution is -0.119. The van der Waals surface area contributed by atoms with E-state index < -0.39 is 0 Å². The summed E-state index contributed by atoms with van der Waals surface area (Å²) >= 11 is 0. The molecule has 1 aromatic heterocycles. The Morgan fingerprint density at radius 2 is 1.89 bits per heavy atom. The highest BCUT2D eigenvalue weighted by molar-refractivity contribution is 5.95. The van der Waals surface area contributed by atoms with Gasteiger partial charge in [0.25, 0.3) is 0 Å². The largest absolute Gasteiger partial charge is 0.349 e. The Morgan fingerprint density at radius 1 is 1.11 bits per heavy atom. The maximum Gasteiger partial charge on any atom is 0.246 e. The SMILES string of the molecule is CC(=O)NCc1nc2ccccc2n1CC(=O)N1CCCc2ccccc21. The van der Waals surface area contributed by atoms with Gasteiger partial charge >= 0.3 is 0 Å². The molecule has 2 amide bonds. The molecule has 2 aromatic carbocycles. The molecule has 1 aliphatic heterocycles. The zero-order valence-electron chi connectivity index (χ0n) is 15.3. The van der Waals surface area contributed by atoms with Crippen molar-refractivity contribution in [3.8, 4) is 0 Å². The van der Waals surface area contributed by atoms with Crippen molar-refractivity contribution in [2.75, 3.05) is 11.4 Å². The number of amides is 2. The predicted molar refractivity (Wildman–Crippen MR) is 104 cm³/mol. The van der Waals surface area contributed by atoms with Crippen LogP contribution in [0.5, 0.6) is 0 Å². The van der Waals surface area contributed by atoms with Gasteiger partial charge in [0, 0.05) is 19.2 Å². The van der Waals surface area contributed by atoms with Crippen LogP contribution in [0.1, 0.15) is 24.7 Å². The lowest BCUT2D eigenvalue weighted by atomic mass is 10.0. The Bertz CT molecular complexity index is 1010. The van der Waals surface area contributed by atoms with E-state index in [1.54, 1.807) is 0 Å². The van der Waals surface area contributed by atoms with E-state index in [-0.39, 0.29) is 18.4 Å². The molecule has 27 heavy (non-hydrogen) atoms. The molecular weight excluding hydrogens is 340 g/mol. The molecule has 0 atom stereocenters. The summed E-state index contributed by atoms with van der Waals surface area (Å²) in [7, 11) is 0. The van der Waals surface area contributed by atoms with E-state index in [0.717, 1.165) is 36.1 Å². The van der Waals surface area contributed by atoms with Crippen LogP contribution in [0.3, 0.4) is 0 Å². The number of carbonyl (C=O) groups is 2. The lowest BCUT2D eigenvalue weighted by Crippen LogP contribution is -2.38. The monoisotopic (exact) mass is 362 g/mol. The van der Waals surface area contributed by atoms with Gasteiger partial charge in [-0.1, -0.05) is 30.3 Å². The average molecular weight is 362 g/mol. The zero-order valence-corrected chi connectivity index (χ0v) is 15.3. The van der Waals surface area contributed by atoms with E-state index in [4.69, 9.17) is 0 Å². The molecule has 4 rings (SSSR count). The number of imidazole rings is 1. The quantitative estimate of drug-likeness (QED) is 0.776. The summed E-state index contributed by atoms with van der Waals surface area (Å²) in [6.45, 7) is 2.70. The molecule has 0 spiro atoms. The highest BCUT2D eigenvalue weighted by atomic mass is 16.2. The Hall–Kier alpha value is -3.15. The molecule has 0 aliphatic carbocycles. The number of fused-ring (bicyclic) bond motifs is 2. The minimum absolute atomic E-state index is 0.0365. The topological polar surface area (TPSA) is 67.2 Å². The van der Waals surface area contributed by atoms with Crippen molar-refractivity contribution in [1.82, 2.24) is 14.9 Å². The third kappa shape index (κ3) is 3.43. The number of hydrogen-bond donors (Lipinski definition) is 1. The highest BCUT2D eigenvalue weighted by Gasteiger charge is 2.23. The molecule has 0 unspecified atom stereocenters. The van der Waals surface area contributed by atoms with Crippen molar-refractivity contribution in [3.63, 3.8) is 0 Å². The number of aryl methyl sites for hydroxylation is 1. The normalized spacial score (nSPS) is 13.4. The Kier molecular flexibility index (Phi) is 4.62. The highest BCUT2D eigenvalue weighted by Crippen LogP contribution is 2.27. The van der Waals surface area contributed by atoms with Crippen LogP contribution in [0.15, 0.2) is 48.5 Å². The summed E-state index contributed by atoms with van der Waals surface area (Å²) in [5.74, 6) is 0.601. The number of nitrogens with one attached hydrogen (secondary N) is 1. The summed E-state index contributed by atoms with van der Waals surface area (Å²) in [6.07, 6.45) is 1.97. The van der Waals surface area contributed by atoms with E-state index in [0.29, 0.717) is 12.4 Å². The molecule has 1 N–H and O–H groups in total. The van der Waals surface area contributed by atoms with Crippen molar-refractivity contribution in [2.45, 2.75) is 32.9 Å². The lowest BCUT2D eigenvalue weighted by Gasteiger charge is -2.29. The smallest absolute Gasteiger partial charge is 0.246 e. The van der Waals surface area contributed by atoms with Gasteiger partial charge in [0.15, 0.2) is 0 Å². The second-order valence-corrected chi connectivity index (χ2v) is 6.79. The molecule has 0 saturated carbocycles. The first kappa shape index (κ1) is 17.3. The van der Waals surface area contributed by atoms with Crippen LogP contribution in [0, 0.1) is 0 Å². The number of aromatic nitrogens is 2. The van der Waals surface area contributed by atoms with Crippen molar-refractivity contribution in [3.05, 3.63) is 59.9 Å². The fraction of sp³-hybridized carbons (Fsp3) is 0.286. The van der Waals surface area contributed by atoms with E-state index in [2.05, 4.69) is 16.4 Å². The number of carbonyl (C=O) groups excluding carboxylic acids is 2. The first-order valence-electron chi connectivity index (χ1n) is 9.20. The first-order chi connectivity index (χ1) is 13.1. The van der Waals surface area contributed by atoms with Crippen LogP contribution in [-0.4, -0.2) is 27.9 Å². The molecule has 0 fully saturated rings. The van der Waals surface area contributed by atoms with Gasteiger partial charge in [-0.15, -0.1) is 0 Å². The van der Waals surface area contributed by atoms with Crippen LogP contribution in [0.4, 0.5) is 5.69 Å². The summed E-state index contributed by atoms with van der Waals surface area (Å²) in [6, 6.07) is 15.8. The molecule has 6 nitrogen and oxygen atoms in total. The van der Waals surface area contributed by atoms with Gasteiger partial charge in [-0.25, -0.2) is 4.98 Å². The molecule has 138 valence electrons. The number of benzene rings is 2. The van der Waals surface area contributed by atoms with Gasteiger partial charge in [0.1, 0.15) is 12.4 Å². The maximum atomic E-state index is 13.2. The standard InChI is InChI=1S/C21H22N4O2/c1-15(26)22-13-20-23-17-9-3-5-11-19(17)25(20)14-21(27)24-12-6-8-16-7-2-4-10-18(16)24/h2-5,7,9-11H,6,8,12-14H2,1H3,(H,22,26). The molecular formula is C21H22N4O2. The molecule has 0 bridgehead atoms. The maximum absolute atomic E-state index is 13.2. The van der Waals surface area contributed by atoms with Gasteiger partial charge in [-0.05, 0) is 36.6 Å². The average Bonchev–Trinajstić information content (AvgIpc) is 3.03. The first-order valence-corrected chi connectivity index (χ1v) is 9.20. The van der Waals surface area contributed by atoms with Crippen LogP contribution in [0.2, 0.25) is 0 Å². The predicted octanol–water partition coefficient (Wildman–Crippen LogP) is 2.65. The fourth-order valence-corrected chi connectivity index (χ4v) is 3.65. The number of rotatable bonds is 4.